The molecule has 140 valence electrons. The quantitative estimate of drug-likeness (QED) is 0.391. The van der Waals surface area contributed by atoms with Gasteiger partial charge < -0.3 is 15.8 Å². The largest absolute Gasteiger partial charge is 0.492 e. The number of guanidine groups is 1. The molecule has 0 radical (unpaired) electrons. The van der Waals surface area contributed by atoms with Crippen LogP contribution in [0.25, 0.3) is 0 Å². The van der Waals surface area contributed by atoms with E-state index in [2.05, 4.69) is 22.0 Å². The van der Waals surface area contributed by atoms with E-state index < -0.39 is 10.0 Å². The molecule has 0 aromatic heterocycles. The summed E-state index contributed by atoms with van der Waals surface area (Å²) in [6, 6.07) is 12.6. The Morgan fingerprint density at radius 2 is 1.73 bits per heavy atom. The minimum atomic E-state index is -3.28. The molecule has 0 amide bonds. The van der Waals surface area contributed by atoms with Crippen molar-refractivity contribution in [2.75, 3.05) is 29.4 Å². The highest BCUT2D eigenvalue weighted by Gasteiger charge is 2.02. The third-order valence-corrected chi connectivity index (χ3v) is 4.19. The number of benzene rings is 2. The Kier molecular flexibility index (Phi) is 6.46. The molecule has 0 bridgehead atoms. The minimum absolute atomic E-state index is 0.324. The Morgan fingerprint density at radius 3 is 2.35 bits per heavy atom. The van der Waals surface area contributed by atoms with Crippen LogP contribution in [-0.2, 0) is 10.0 Å². The number of nitrogens with zero attached hydrogens (tertiary/aromatic N) is 1. The van der Waals surface area contributed by atoms with Crippen LogP contribution in [0.2, 0.25) is 0 Å². The van der Waals surface area contributed by atoms with Crippen molar-refractivity contribution in [3.63, 3.8) is 0 Å². The second-order valence-electron chi connectivity index (χ2n) is 5.94. The Morgan fingerprint density at radius 1 is 1.08 bits per heavy atom. The highest BCUT2D eigenvalue weighted by Crippen LogP contribution is 2.16. The SMILES string of the molecule is Cc1ccc(NC(N)=NCCOc2ccc(NS(C)(=O)=O)cc2)cc1C. The zero-order valence-electron chi connectivity index (χ0n) is 15.1. The van der Waals surface area contributed by atoms with Gasteiger partial charge in [-0.15, -0.1) is 0 Å². The average molecular weight is 376 g/mol. The second kappa shape index (κ2) is 8.57. The van der Waals surface area contributed by atoms with E-state index in [1.165, 1.54) is 11.1 Å². The van der Waals surface area contributed by atoms with E-state index in [0.717, 1.165) is 11.9 Å². The molecule has 2 rings (SSSR count). The molecule has 26 heavy (non-hydrogen) atoms. The number of ether oxygens (including phenoxy) is 1. The molecule has 2 aromatic rings. The van der Waals surface area contributed by atoms with Crippen LogP contribution in [-0.4, -0.2) is 33.8 Å². The van der Waals surface area contributed by atoms with Crippen molar-refractivity contribution in [1.82, 2.24) is 0 Å². The third kappa shape index (κ3) is 6.64. The van der Waals surface area contributed by atoms with E-state index in [4.69, 9.17) is 10.5 Å². The zero-order valence-corrected chi connectivity index (χ0v) is 15.9. The summed E-state index contributed by atoms with van der Waals surface area (Å²) in [6.45, 7) is 4.84. The number of nitrogens with one attached hydrogen (secondary N) is 2. The molecule has 0 unspecified atom stereocenters. The molecule has 0 saturated carbocycles. The van der Waals surface area contributed by atoms with Crippen molar-refractivity contribution in [1.29, 1.82) is 0 Å². The summed E-state index contributed by atoms with van der Waals surface area (Å²) >= 11 is 0. The fraction of sp³-hybridized carbons (Fsp3) is 0.278. The summed E-state index contributed by atoms with van der Waals surface area (Å²) in [7, 11) is -3.28. The van der Waals surface area contributed by atoms with Crippen LogP contribution in [0.4, 0.5) is 11.4 Å². The predicted octanol–water partition coefficient (Wildman–Crippen LogP) is 2.48. The topological polar surface area (TPSA) is 106 Å². The van der Waals surface area contributed by atoms with Gasteiger partial charge in [0.15, 0.2) is 5.96 Å². The van der Waals surface area contributed by atoms with Crippen molar-refractivity contribution in [2.45, 2.75) is 13.8 Å². The molecular formula is C18H24N4O3S. The number of anilines is 2. The maximum Gasteiger partial charge on any atom is 0.229 e. The monoisotopic (exact) mass is 376 g/mol. The summed E-state index contributed by atoms with van der Waals surface area (Å²) in [5, 5.41) is 3.04. The molecule has 4 N–H and O–H groups in total. The van der Waals surface area contributed by atoms with Gasteiger partial charge in [0.1, 0.15) is 12.4 Å². The van der Waals surface area contributed by atoms with Crippen LogP contribution >= 0.6 is 0 Å². The lowest BCUT2D eigenvalue weighted by atomic mass is 10.1. The number of hydrogen-bond acceptors (Lipinski definition) is 4. The van der Waals surface area contributed by atoms with E-state index in [9.17, 15) is 8.42 Å². The smallest absolute Gasteiger partial charge is 0.229 e. The van der Waals surface area contributed by atoms with Gasteiger partial charge in [-0.2, -0.15) is 0 Å². The molecule has 0 atom stereocenters. The van der Waals surface area contributed by atoms with Crippen LogP contribution in [0.5, 0.6) is 5.75 Å². The molecule has 2 aromatic carbocycles. The van der Waals surface area contributed by atoms with Crippen molar-refractivity contribution < 1.29 is 13.2 Å². The number of rotatable bonds is 7. The van der Waals surface area contributed by atoms with Crippen molar-refractivity contribution in [2.24, 2.45) is 10.7 Å². The fourth-order valence-corrected chi connectivity index (χ4v) is 2.73. The van der Waals surface area contributed by atoms with Gasteiger partial charge in [0.25, 0.3) is 0 Å². The first kappa shape index (κ1) is 19.6. The van der Waals surface area contributed by atoms with Crippen molar-refractivity contribution in [3.8, 4) is 5.75 Å². The van der Waals surface area contributed by atoms with Gasteiger partial charge in [-0.1, -0.05) is 6.07 Å². The van der Waals surface area contributed by atoms with Gasteiger partial charge in [0.05, 0.1) is 12.8 Å². The van der Waals surface area contributed by atoms with Gasteiger partial charge >= 0.3 is 0 Å². The van der Waals surface area contributed by atoms with Crippen LogP contribution in [0.15, 0.2) is 47.5 Å². The maximum atomic E-state index is 11.2. The molecule has 8 heteroatoms. The molecule has 0 heterocycles. The van der Waals surface area contributed by atoms with Gasteiger partial charge in [0, 0.05) is 11.4 Å². The van der Waals surface area contributed by atoms with E-state index in [1.807, 2.05) is 25.1 Å². The van der Waals surface area contributed by atoms with Crippen LogP contribution < -0.4 is 20.5 Å². The highest BCUT2D eigenvalue weighted by atomic mass is 32.2. The number of aryl methyl sites for hydroxylation is 2. The Balaban J connectivity index is 1.79. The highest BCUT2D eigenvalue weighted by molar-refractivity contribution is 7.92. The van der Waals surface area contributed by atoms with E-state index in [-0.39, 0.29) is 0 Å². The van der Waals surface area contributed by atoms with Crippen molar-refractivity contribution in [3.05, 3.63) is 53.6 Å². The molecule has 0 fully saturated rings. The van der Waals surface area contributed by atoms with Gasteiger partial charge in [-0.3, -0.25) is 4.72 Å². The summed E-state index contributed by atoms with van der Waals surface area (Å²) < 4.78 is 30.3. The van der Waals surface area contributed by atoms with E-state index in [1.54, 1.807) is 24.3 Å². The standard InChI is InChI=1S/C18H24N4O3S/c1-13-4-5-16(12-14(13)2)21-18(19)20-10-11-25-17-8-6-15(7-9-17)22-26(3,23)24/h4-9,12,22H,10-11H2,1-3H3,(H3,19,20,21). The normalized spacial score (nSPS) is 11.9. The predicted molar refractivity (Wildman–Crippen MR) is 106 cm³/mol. The van der Waals surface area contributed by atoms with Crippen molar-refractivity contribution >= 4 is 27.4 Å². The lowest BCUT2D eigenvalue weighted by molar-refractivity contribution is 0.329. The first-order chi connectivity index (χ1) is 12.2. The second-order valence-corrected chi connectivity index (χ2v) is 7.69. The Hall–Kier alpha value is -2.74. The Bertz CT molecular complexity index is 878. The maximum absolute atomic E-state index is 11.2. The number of hydrogen-bond donors (Lipinski definition) is 3. The van der Waals surface area contributed by atoms with Gasteiger partial charge in [-0.05, 0) is 61.4 Å². The van der Waals surface area contributed by atoms with Gasteiger partial charge in [-0.25, -0.2) is 13.4 Å². The molecular weight excluding hydrogens is 352 g/mol. The lowest BCUT2D eigenvalue weighted by Crippen LogP contribution is -2.23. The number of aliphatic imine (C=N–C) groups is 1. The Labute approximate surface area is 154 Å². The zero-order chi connectivity index (χ0) is 19.2. The first-order valence-electron chi connectivity index (χ1n) is 8.08. The molecule has 0 saturated heterocycles. The van der Waals surface area contributed by atoms with E-state index >= 15 is 0 Å². The number of nitrogens with two attached hydrogens (primary N) is 1. The summed E-state index contributed by atoms with van der Waals surface area (Å²) in [4.78, 5) is 4.22. The van der Waals surface area contributed by atoms with Crippen LogP contribution in [0.1, 0.15) is 11.1 Å². The summed E-state index contributed by atoms with van der Waals surface area (Å²) in [5.74, 6) is 0.949. The molecule has 0 aliphatic rings. The average Bonchev–Trinajstić information content (AvgIpc) is 2.55. The summed E-state index contributed by atoms with van der Waals surface area (Å²) in [6.07, 6.45) is 1.10. The minimum Gasteiger partial charge on any atom is -0.492 e. The third-order valence-electron chi connectivity index (χ3n) is 3.58. The lowest BCUT2D eigenvalue weighted by Gasteiger charge is -2.09. The van der Waals surface area contributed by atoms with Crippen LogP contribution in [0, 0.1) is 13.8 Å². The molecule has 0 aliphatic carbocycles. The summed E-state index contributed by atoms with van der Waals surface area (Å²) in [5.41, 5.74) is 9.65. The van der Waals surface area contributed by atoms with E-state index in [0.29, 0.717) is 30.5 Å². The number of sulfonamides is 1. The molecule has 0 spiro atoms. The molecule has 0 aliphatic heterocycles. The fourth-order valence-electron chi connectivity index (χ4n) is 2.17. The molecule has 7 nitrogen and oxygen atoms in total. The van der Waals surface area contributed by atoms with Gasteiger partial charge in [0.2, 0.25) is 10.0 Å². The van der Waals surface area contributed by atoms with Crippen LogP contribution in [0.3, 0.4) is 0 Å². The first-order valence-corrected chi connectivity index (χ1v) is 9.97.